The van der Waals surface area contributed by atoms with Gasteiger partial charge in [0.15, 0.2) is 5.76 Å². The zero-order valence-corrected chi connectivity index (χ0v) is 16.4. The van der Waals surface area contributed by atoms with E-state index < -0.39 is 10.8 Å². The summed E-state index contributed by atoms with van der Waals surface area (Å²) in [6.07, 6.45) is 0. The molecule has 29 heavy (non-hydrogen) atoms. The number of non-ortho nitro benzene ring substituents is 1. The van der Waals surface area contributed by atoms with Crippen molar-refractivity contribution in [3.63, 3.8) is 0 Å². The van der Waals surface area contributed by atoms with Crippen molar-refractivity contribution >= 4 is 28.9 Å². The highest BCUT2D eigenvalue weighted by Crippen LogP contribution is 2.29. The summed E-state index contributed by atoms with van der Waals surface area (Å²) in [5.41, 5.74) is 1.03. The molecule has 8 nitrogen and oxygen atoms in total. The predicted octanol–water partition coefficient (Wildman–Crippen LogP) is 4.99. The van der Waals surface area contributed by atoms with Gasteiger partial charge in [0, 0.05) is 11.1 Å². The number of rotatable bonds is 7. The molecule has 1 N–H and O–H groups in total. The van der Waals surface area contributed by atoms with Crippen molar-refractivity contribution in [2.75, 3.05) is 12.4 Å². The molecule has 0 saturated carbocycles. The Morgan fingerprint density at radius 3 is 2.69 bits per heavy atom. The average molecular weight is 417 g/mol. The normalized spacial score (nSPS) is 10.4. The van der Waals surface area contributed by atoms with Crippen molar-refractivity contribution in [1.29, 1.82) is 0 Å². The number of methoxy groups -OCH3 is 1. The van der Waals surface area contributed by atoms with Gasteiger partial charge in [-0.25, -0.2) is 0 Å². The molecule has 0 aliphatic rings. The van der Waals surface area contributed by atoms with Gasteiger partial charge in [-0.05, 0) is 48.9 Å². The van der Waals surface area contributed by atoms with Crippen LogP contribution in [0.25, 0.3) is 0 Å². The van der Waals surface area contributed by atoms with Gasteiger partial charge in [-0.3, -0.25) is 14.9 Å². The van der Waals surface area contributed by atoms with Crippen LogP contribution >= 0.6 is 11.6 Å². The first-order valence-electron chi connectivity index (χ1n) is 8.49. The number of carbonyl (C=O) groups is 1. The lowest BCUT2D eigenvalue weighted by Crippen LogP contribution is -2.12. The van der Waals surface area contributed by atoms with Crippen LogP contribution in [0.15, 0.2) is 52.9 Å². The van der Waals surface area contributed by atoms with Crippen LogP contribution in [0, 0.1) is 17.0 Å². The summed E-state index contributed by atoms with van der Waals surface area (Å²) in [6, 6.07) is 12.3. The summed E-state index contributed by atoms with van der Waals surface area (Å²) >= 11 is 5.99. The summed E-state index contributed by atoms with van der Waals surface area (Å²) in [5, 5.41) is 14.1. The largest absolute Gasteiger partial charge is 0.494 e. The maximum Gasteiger partial charge on any atom is 0.291 e. The van der Waals surface area contributed by atoms with E-state index in [-0.39, 0.29) is 29.5 Å². The maximum absolute atomic E-state index is 12.4. The maximum atomic E-state index is 12.4. The number of hydrogen-bond acceptors (Lipinski definition) is 6. The Balaban J connectivity index is 1.66. The van der Waals surface area contributed by atoms with Gasteiger partial charge in [0.25, 0.3) is 11.6 Å². The molecule has 0 unspecified atom stereocenters. The Bertz CT molecular complexity index is 1060. The van der Waals surface area contributed by atoms with Gasteiger partial charge in [-0.2, -0.15) is 0 Å². The number of anilines is 1. The lowest BCUT2D eigenvalue weighted by Gasteiger charge is -2.09. The van der Waals surface area contributed by atoms with Gasteiger partial charge in [0.05, 0.1) is 23.8 Å². The highest BCUT2D eigenvalue weighted by atomic mass is 35.5. The molecule has 3 rings (SSSR count). The highest BCUT2D eigenvalue weighted by Gasteiger charge is 2.17. The van der Waals surface area contributed by atoms with Gasteiger partial charge in [0.1, 0.15) is 23.9 Å². The Morgan fingerprint density at radius 2 is 2.00 bits per heavy atom. The monoisotopic (exact) mass is 416 g/mol. The van der Waals surface area contributed by atoms with Crippen LogP contribution in [0.3, 0.4) is 0 Å². The number of aryl methyl sites for hydroxylation is 1. The van der Waals surface area contributed by atoms with Crippen LogP contribution in [0.2, 0.25) is 5.02 Å². The van der Waals surface area contributed by atoms with E-state index in [0.717, 1.165) is 5.56 Å². The van der Waals surface area contributed by atoms with Gasteiger partial charge in [0.2, 0.25) is 0 Å². The van der Waals surface area contributed by atoms with Gasteiger partial charge < -0.3 is 19.2 Å². The molecule has 0 radical (unpaired) electrons. The number of ether oxygens (including phenoxy) is 2. The summed E-state index contributed by atoms with van der Waals surface area (Å²) < 4.78 is 16.3. The van der Waals surface area contributed by atoms with Crippen molar-refractivity contribution < 1.29 is 23.6 Å². The Hall–Kier alpha value is -3.52. The van der Waals surface area contributed by atoms with Crippen LogP contribution in [-0.2, 0) is 6.61 Å². The minimum atomic E-state index is -0.547. The number of furan rings is 1. The second kappa shape index (κ2) is 8.66. The van der Waals surface area contributed by atoms with E-state index in [4.69, 9.17) is 25.5 Å². The Morgan fingerprint density at radius 1 is 1.21 bits per heavy atom. The second-order valence-corrected chi connectivity index (χ2v) is 6.47. The molecule has 0 aliphatic heterocycles. The third-order valence-electron chi connectivity index (χ3n) is 4.04. The zero-order valence-electron chi connectivity index (χ0n) is 15.6. The van der Waals surface area contributed by atoms with Crippen molar-refractivity contribution in [1.82, 2.24) is 0 Å². The minimum Gasteiger partial charge on any atom is -0.494 e. The number of nitro groups is 1. The second-order valence-electron chi connectivity index (χ2n) is 6.06. The van der Waals surface area contributed by atoms with Crippen molar-refractivity contribution in [2.45, 2.75) is 13.5 Å². The lowest BCUT2D eigenvalue weighted by atomic mass is 10.2. The van der Waals surface area contributed by atoms with Gasteiger partial charge in [-0.1, -0.05) is 11.6 Å². The topological polar surface area (TPSA) is 104 Å². The number of hydrogen-bond donors (Lipinski definition) is 1. The fourth-order valence-electron chi connectivity index (χ4n) is 2.52. The molecular formula is C20H17ClN2O6. The van der Waals surface area contributed by atoms with Gasteiger partial charge in [-0.15, -0.1) is 0 Å². The average Bonchev–Trinajstić information content (AvgIpc) is 3.18. The fraction of sp³-hybridized carbons (Fsp3) is 0.150. The number of amides is 1. The van der Waals surface area contributed by atoms with E-state index in [9.17, 15) is 14.9 Å². The number of halogens is 1. The molecule has 150 valence electrons. The zero-order chi connectivity index (χ0) is 21.0. The predicted molar refractivity (Wildman–Crippen MR) is 107 cm³/mol. The number of nitro benzene ring substituents is 1. The van der Waals surface area contributed by atoms with Gasteiger partial charge >= 0.3 is 0 Å². The van der Waals surface area contributed by atoms with Crippen molar-refractivity contribution in [3.05, 3.63) is 80.8 Å². The molecule has 1 aromatic heterocycles. The van der Waals surface area contributed by atoms with Crippen LogP contribution < -0.4 is 14.8 Å². The molecule has 2 aromatic carbocycles. The number of carbonyl (C=O) groups excluding carboxylic acids is 1. The quantitative estimate of drug-likeness (QED) is 0.429. The third-order valence-corrected chi connectivity index (χ3v) is 4.46. The standard InChI is InChI=1S/C20H17ClN2O6/c1-12-9-14(4-6-16(12)21)28-11-15-5-8-18(29-15)20(24)22-17-7-3-13(23(25)26)10-19(17)27-2/h3-10H,11H2,1-2H3,(H,22,24). The highest BCUT2D eigenvalue weighted by molar-refractivity contribution is 6.31. The first-order chi connectivity index (χ1) is 13.9. The van der Waals surface area contributed by atoms with Crippen LogP contribution in [-0.4, -0.2) is 17.9 Å². The molecular weight excluding hydrogens is 400 g/mol. The molecule has 0 aliphatic carbocycles. The Labute approximate surface area is 171 Å². The molecule has 1 amide bonds. The Kier molecular flexibility index (Phi) is 6.04. The van der Waals surface area contributed by atoms with E-state index in [1.807, 2.05) is 6.92 Å². The van der Waals surface area contributed by atoms with Crippen molar-refractivity contribution in [3.8, 4) is 11.5 Å². The first kappa shape index (κ1) is 20.2. The van der Waals surface area contributed by atoms with E-state index >= 15 is 0 Å². The minimum absolute atomic E-state index is 0.0660. The lowest BCUT2D eigenvalue weighted by molar-refractivity contribution is -0.384. The van der Waals surface area contributed by atoms with E-state index in [0.29, 0.717) is 16.5 Å². The van der Waals surface area contributed by atoms with Crippen LogP contribution in [0.4, 0.5) is 11.4 Å². The molecule has 0 spiro atoms. The molecule has 0 saturated heterocycles. The number of nitrogens with one attached hydrogen (secondary N) is 1. The van der Waals surface area contributed by atoms with E-state index in [2.05, 4.69) is 5.32 Å². The number of benzene rings is 2. The summed E-state index contributed by atoms with van der Waals surface area (Å²) in [4.78, 5) is 22.7. The SMILES string of the molecule is COc1cc([N+](=O)[O-])ccc1NC(=O)c1ccc(COc2ccc(Cl)c(C)c2)o1. The molecule has 0 bridgehead atoms. The van der Waals surface area contributed by atoms with E-state index in [1.54, 1.807) is 24.3 Å². The smallest absolute Gasteiger partial charge is 0.291 e. The summed E-state index contributed by atoms with van der Waals surface area (Å²) in [6.45, 7) is 2.01. The fourth-order valence-corrected chi connectivity index (χ4v) is 2.64. The first-order valence-corrected chi connectivity index (χ1v) is 8.86. The molecule has 0 fully saturated rings. The van der Waals surface area contributed by atoms with E-state index in [1.165, 1.54) is 31.4 Å². The summed E-state index contributed by atoms with van der Waals surface area (Å²) in [5.74, 6) is 0.797. The van der Waals surface area contributed by atoms with Crippen LogP contribution in [0.1, 0.15) is 21.9 Å². The third kappa shape index (κ3) is 4.85. The molecule has 9 heteroatoms. The molecule has 1 heterocycles. The molecule has 3 aromatic rings. The molecule has 0 atom stereocenters. The van der Waals surface area contributed by atoms with Crippen molar-refractivity contribution in [2.24, 2.45) is 0 Å². The van der Waals surface area contributed by atoms with Crippen LogP contribution in [0.5, 0.6) is 11.5 Å². The number of nitrogens with zero attached hydrogens (tertiary/aromatic N) is 1. The summed E-state index contributed by atoms with van der Waals surface area (Å²) in [7, 11) is 1.36.